The van der Waals surface area contributed by atoms with Crippen molar-refractivity contribution < 1.29 is 4.42 Å². The van der Waals surface area contributed by atoms with Gasteiger partial charge in [-0.2, -0.15) is 0 Å². The third-order valence-electron chi connectivity index (χ3n) is 5.41. The molecule has 2 nitrogen and oxygen atoms in total. The Labute approximate surface area is 139 Å². The number of para-hydroxylation sites is 2. The highest BCUT2D eigenvalue weighted by Crippen LogP contribution is 2.54. The molecule has 0 radical (unpaired) electrons. The molecule has 6 rings (SSSR count). The molecule has 0 aliphatic heterocycles. The maximum atomic E-state index is 6.31. The average molecular weight is 309 g/mol. The van der Waals surface area contributed by atoms with Gasteiger partial charge in [0.25, 0.3) is 0 Å². The van der Waals surface area contributed by atoms with Crippen molar-refractivity contribution in [1.82, 2.24) is 4.98 Å². The highest BCUT2D eigenvalue weighted by atomic mass is 16.3. The Hall–Kier alpha value is -3.00. The largest absolute Gasteiger partial charge is 0.454 e. The number of aromatic nitrogens is 1. The van der Waals surface area contributed by atoms with Crippen molar-refractivity contribution in [2.24, 2.45) is 0 Å². The molecule has 0 fully saturated rings. The fourth-order valence-electron chi connectivity index (χ4n) is 4.43. The number of rotatable bonds is 0. The molecule has 2 atom stereocenters. The van der Waals surface area contributed by atoms with Crippen molar-refractivity contribution in [1.29, 1.82) is 0 Å². The normalized spacial score (nSPS) is 21.0. The number of furan rings is 1. The molecule has 1 N–H and O–H groups in total. The van der Waals surface area contributed by atoms with Crippen LogP contribution in [0.15, 0.2) is 77.3 Å². The summed E-state index contributed by atoms with van der Waals surface area (Å²) in [5, 5.41) is 2.53. The first kappa shape index (κ1) is 12.4. The van der Waals surface area contributed by atoms with Crippen LogP contribution in [-0.2, 0) is 0 Å². The molecule has 2 aromatic carbocycles. The molecular weight excluding hydrogens is 294 g/mol. The summed E-state index contributed by atoms with van der Waals surface area (Å²) < 4.78 is 6.31. The van der Waals surface area contributed by atoms with Gasteiger partial charge in [0.05, 0.1) is 5.69 Å². The zero-order valence-electron chi connectivity index (χ0n) is 13.0. The van der Waals surface area contributed by atoms with E-state index in [4.69, 9.17) is 4.42 Å². The van der Waals surface area contributed by atoms with E-state index in [0.717, 1.165) is 17.0 Å². The molecule has 24 heavy (non-hydrogen) atoms. The predicted molar refractivity (Wildman–Crippen MR) is 97.3 cm³/mol. The smallest absolute Gasteiger partial charge is 0.155 e. The van der Waals surface area contributed by atoms with Gasteiger partial charge in [0.1, 0.15) is 5.58 Å². The molecule has 2 aliphatic rings. The van der Waals surface area contributed by atoms with Crippen LogP contribution >= 0.6 is 0 Å². The fourth-order valence-corrected chi connectivity index (χ4v) is 4.43. The lowest BCUT2D eigenvalue weighted by Crippen LogP contribution is -2.14. The van der Waals surface area contributed by atoms with E-state index < -0.39 is 0 Å². The number of fused-ring (bicyclic) bond motifs is 10. The summed E-state index contributed by atoms with van der Waals surface area (Å²) >= 11 is 0. The van der Waals surface area contributed by atoms with E-state index in [2.05, 4.69) is 71.8 Å². The monoisotopic (exact) mass is 309 g/mol. The summed E-state index contributed by atoms with van der Waals surface area (Å²) in [6.07, 6.45) is 8.97. The lowest BCUT2D eigenvalue weighted by molar-refractivity contribution is 0.604. The van der Waals surface area contributed by atoms with Gasteiger partial charge < -0.3 is 9.40 Å². The summed E-state index contributed by atoms with van der Waals surface area (Å²) in [5.74, 6) is 1.69. The molecule has 4 aromatic rings. The number of aromatic amines is 1. The van der Waals surface area contributed by atoms with Crippen LogP contribution in [0.3, 0.4) is 0 Å². The van der Waals surface area contributed by atoms with Crippen LogP contribution in [0.2, 0.25) is 0 Å². The number of benzene rings is 2. The molecule has 114 valence electrons. The first-order valence-corrected chi connectivity index (χ1v) is 8.39. The van der Waals surface area contributed by atoms with Crippen molar-refractivity contribution in [3.8, 4) is 11.5 Å². The minimum atomic E-state index is 0.334. The van der Waals surface area contributed by atoms with E-state index in [1.54, 1.807) is 0 Å². The predicted octanol–water partition coefficient (Wildman–Crippen LogP) is 5.89. The van der Waals surface area contributed by atoms with Gasteiger partial charge in [0, 0.05) is 33.7 Å². The van der Waals surface area contributed by atoms with Crippen LogP contribution < -0.4 is 0 Å². The average Bonchev–Trinajstić information content (AvgIpc) is 3.21. The topological polar surface area (TPSA) is 28.9 Å². The summed E-state index contributed by atoms with van der Waals surface area (Å²) in [7, 11) is 0. The minimum absolute atomic E-state index is 0.334. The van der Waals surface area contributed by atoms with E-state index in [0.29, 0.717) is 11.8 Å². The molecule has 0 amide bonds. The van der Waals surface area contributed by atoms with Gasteiger partial charge in [-0.25, -0.2) is 0 Å². The first-order chi connectivity index (χ1) is 11.9. The highest BCUT2D eigenvalue weighted by molar-refractivity contribution is 5.97. The van der Waals surface area contributed by atoms with Crippen LogP contribution in [0.1, 0.15) is 23.0 Å². The maximum absolute atomic E-state index is 6.31. The Morgan fingerprint density at radius 3 is 2.33 bits per heavy atom. The quantitative estimate of drug-likeness (QED) is 0.431. The lowest BCUT2D eigenvalue weighted by Gasteiger charge is -2.29. The number of nitrogens with one attached hydrogen (secondary N) is 1. The van der Waals surface area contributed by atoms with E-state index in [1.807, 2.05) is 6.07 Å². The van der Waals surface area contributed by atoms with E-state index in [-0.39, 0.29) is 0 Å². The molecule has 2 unspecified atom stereocenters. The Morgan fingerprint density at radius 1 is 0.750 bits per heavy atom. The van der Waals surface area contributed by atoms with Crippen LogP contribution in [0.5, 0.6) is 0 Å². The third kappa shape index (κ3) is 1.41. The first-order valence-electron chi connectivity index (χ1n) is 8.39. The third-order valence-corrected chi connectivity index (χ3v) is 5.41. The van der Waals surface area contributed by atoms with Crippen LogP contribution in [0, 0.1) is 0 Å². The number of H-pyrrole nitrogens is 1. The summed E-state index contributed by atoms with van der Waals surface area (Å²) in [5.41, 5.74) is 5.97. The molecule has 0 spiro atoms. The molecule has 2 aliphatic carbocycles. The Balaban J connectivity index is 1.81. The Kier molecular flexibility index (Phi) is 2.22. The maximum Gasteiger partial charge on any atom is 0.155 e. The Morgan fingerprint density at radius 2 is 1.46 bits per heavy atom. The lowest BCUT2D eigenvalue weighted by atomic mass is 9.73. The van der Waals surface area contributed by atoms with Gasteiger partial charge in [-0.05, 0) is 17.7 Å². The highest BCUT2D eigenvalue weighted by Gasteiger charge is 2.38. The van der Waals surface area contributed by atoms with E-state index in [9.17, 15) is 0 Å². The second-order valence-electron chi connectivity index (χ2n) is 6.62. The van der Waals surface area contributed by atoms with Crippen molar-refractivity contribution in [3.63, 3.8) is 0 Å². The fraction of sp³-hybridized carbons (Fsp3) is 0.0909. The van der Waals surface area contributed by atoms with Crippen molar-refractivity contribution in [2.75, 3.05) is 0 Å². The van der Waals surface area contributed by atoms with E-state index >= 15 is 0 Å². The summed E-state index contributed by atoms with van der Waals surface area (Å²) in [4.78, 5) is 3.61. The van der Waals surface area contributed by atoms with Gasteiger partial charge in [-0.15, -0.1) is 0 Å². The number of hydrogen-bond acceptors (Lipinski definition) is 1. The van der Waals surface area contributed by atoms with Crippen molar-refractivity contribution >= 4 is 21.9 Å². The second-order valence-corrected chi connectivity index (χ2v) is 6.62. The number of allylic oxidation sites excluding steroid dienone is 4. The second kappa shape index (κ2) is 4.30. The van der Waals surface area contributed by atoms with Gasteiger partial charge >= 0.3 is 0 Å². The van der Waals surface area contributed by atoms with Crippen LogP contribution in [0.4, 0.5) is 0 Å². The van der Waals surface area contributed by atoms with E-state index in [1.165, 1.54) is 27.4 Å². The number of hydrogen-bond donors (Lipinski definition) is 1. The van der Waals surface area contributed by atoms with Gasteiger partial charge in [0.2, 0.25) is 0 Å². The van der Waals surface area contributed by atoms with Crippen LogP contribution in [0.25, 0.3) is 33.3 Å². The molecule has 2 heteroatoms. The zero-order chi connectivity index (χ0) is 15.7. The van der Waals surface area contributed by atoms with Crippen molar-refractivity contribution in [3.05, 3.63) is 84.0 Å². The molecular formula is C22H15NO. The van der Waals surface area contributed by atoms with Gasteiger partial charge in [0.15, 0.2) is 5.76 Å². The molecule has 0 saturated carbocycles. The molecule has 0 saturated heterocycles. The standard InChI is InChI=1S/C22H15NO/c1-2-8-14-13(7-1)19-15-9-3-5-11-17(15)23-21(19)22-20(14)16-10-4-6-12-18(16)24-22/h1-14,23H. The van der Waals surface area contributed by atoms with Gasteiger partial charge in [-0.3, -0.25) is 0 Å². The molecule has 0 bridgehead atoms. The molecule has 2 aromatic heterocycles. The summed E-state index contributed by atoms with van der Waals surface area (Å²) in [6, 6.07) is 16.9. The zero-order valence-corrected chi connectivity index (χ0v) is 13.0. The van der Waals surface area contributed by atoms with Crippen LogP contribution in [-0.4, -0.2) is 4.98 Å². The minimum Gasteiger partial charge on any atom is -0.454 e. The SMILES string of the molecule is C1=CC2c3c([nH]c4ccccc34)-c3oc4ccccc4c3C2C=C1. The molecule has 2 heterocycles. The van der Waals surface area contributed by atoms with Gasteiger partial charge in [-0.1, -0.05) is 60.7 Å². The van der Waals surface area contributed by atoms with Crippen molar-refractivity contribution in [2.45, 2.75) is 11.8 Å². The Bertz CT molecular complexity index is 1080. The summed E-state index contributed by atoms with van der Waals surface area (Å²) in [6.45, 7) is 0.